The number of nitrogens with one attached hydrogen (secondary N) is 1. The lowest BCUT2D eigenvalue weighted by molar-refractivity contribution is 0.0997. The molecule has 0 aliphatic carbocycles. The van der Waals surface area contributed by atoms with Crippen LogP contribution in [0.1, 0.15) is 31.1 Å². The van der Waals surface area contributed by atoms with Gasteiger partial charge in [0, 0.05) is 6.61 Å². The van der Waals surface area contributed by atoms with E-state index in [9.17, 15) is 4.79 Å². The highest BCUT2D eigenvalue weighted by Gasteiger charge is 2.14. The fourth-order valence-corrected chi connectivity index (χ4v) is 2.28. The summed E-state index contributed by atoms with van der Waals surface area (Å²) in [6.45, 7) is 8.20. The largest absolute Gasteiger partial charge is 0.491 e. The number of carbonyl (C=O) groups excluding carboxylic acids is 1. The molecule has 1 amide bonds. The van der Waals surface area contributed by atoms with Crippen molar-refractivity contribution in [2.24, 2.45) is 5.92 Å². The molecule has 0 unspecified atom stereocenters. The molecule has 140 valence electrons. The minimum Gasteiger partial charge on any atom is -0.491 e. The topological polar surface area (TPSA) is 56.8 Å². The molecular formula is C21H27NO4. The van der Waals surface area contributed by atoms with Gasteiger partial charge in [-0.15, -0.1) is 0 Å². The first kappa shape index (κ1) is 19.8. The van der Waals surface area contributed by atoms with Crippen LogP contribution in [0, 0.1) is 5.92 Å². The number of amides is 1. The van der Waals surface area contributed by atoms with Crippen LogP contribution in [0.15, 0.2) is 48.5 Å². The summed E-state index contributed by atoms with van der Waals surface area (Å²) >= 11 is 0. The summed E-state index contributed by atoms with van der Waals surface area (Å²) < 4.78 is 16.8. The molecule has 0 saturated carbocycles. The number of benzene rings is 2. The molecule has 2 rings (SSSR count). The molecule has 2 aromatic rings. The summed E-state index contributed by atoms with van der Waals surface area (Å²) in [5.41, 5.74) is 1.12. The maximum Gasteiger partial charge on any atom is 0.259 e. The Morgan fingerprint density at radius 3 is 2.38 bits per heavy atom. The lowest BCUT2D eigenvalue weighted by atomic mass is 10.1. The molecule has 0 spiro atoms. The number of anilines is 1. The molecule has 0 bridgehead atoms. The van der Waals surface area contributed by atoms with Crippen molar-refractivity contribution in [2.75, 3.05) is 31.7 Å². The van der Waals surface area contributed by atoms with Crippen LogP contribution in [-0.4, -0.2) is 32.3 Å². The van der Waals surface area contributed by atoms with Gasteiger partial charge < -0.3 is 19.5 Å². The van der Waals surface area contributed by atoms with Crippen molar-refractivity contribution in [1.82, 2.24) is 0 Å². The molecule has 0 atom stereocenters. The molecule has 2 aromatic carbocycles. The summed E-state index contributed by atoms with van der Waals surface area (Å²) in [7, 11) is 0. The predicted molar refractivity (Wildman–Crippen MR) is 103 cm³/mol. The Balaban J connectivity index is 2.08. The van der Waals surface area contributed by atoms with Crippen LogP contribution in [-0.2, 0) is 4.74 Å². The van der Waals surface area contributed by atoms with E-state index in [4.69, 9.17) is 14.2 Å². The van der Waals surface area contributed by atoms with E-state index in [-0.39, 0.29) is 5.91 Å². The zero-order valence-corrected chi connectivity index (χ0v) is 15.7. The Kier molecular flexibility index (Phi) is 7.96. The van der Waals surface area contributed by atoms with E-state index in [1.54, 1.807) is 12.1 Å². The Bertz CT molecular complexity index is 700. The summed E-state index contributed by atoms with van der Waals surface area (Å²) in [6.07, 6.45) is 0. The van der Waals surface area contributed by atoms with Crippen molar-refractivity contribution in [3.8, 4) is 11.5 Å². The van der Waals surface area contributed by atoms with Crippen LogP contribution in [0.2, 0.25) is 0 Å². The van der Waals surface area contributed by atoms with Gasteiger partial charge in [-0.2, -0.15) is 0 Å². The molecule has 26 heavy (non-hydrogen) atoms. The smallest absolute Gasteiger partial charge is 0.259 e. The standard InChI is InChI=1S/C21H27NO4/c1-4-24-13-14-25-19-11-7-5-9-17(19)21(23)22-18-10-6-8-12-20(18)26-15-16(2)3/h5-12,16H,4,13-15H2,1-3H3,(H,22,23). The van der Waals surface area contributed by atoms with E-state index in [1.807, 2.05) is 43.3 Å². The maximum atomic E-state index is 12.7. The molecule has 0 saturated heterocycles. The normalized spacial score (nSPS) is 10.6. The maximum absolute atomic E-state index is 12.7. The molecule has 0 radical (unpaired) electrons. The number of ether oxygens (including phenoxy) is 3. The number of carbonyl (C=O) groups is 1. The first-order chi connectivity index (χ1) is 12.6. The molecule has 0 aromatic heterocycles. The Hall–Kier alpha value is -2.53. The highest BCUT2D eigenvalue weighted by molar-refractivity contribution is 6.06. The van der Waals surface area contributed by atoms with Gasteiger partial charge in [-0.3, -0.25) is 4.79 Å². The minimum atomic E-state index is -0.238. The van der Waals surface area contributed by atoms with Crippen molar-refractivity contribution < 1.29 is 19.0 Å². The minimum absolute atomic E-state index is 0.238. The van der Waals surface area contributed by atoms with Gasteiger partial charge in [-0.1, -0.05) is 38.1 Å². The zero-order valence-electron chi connectivity index (χ0n) is 15.7. The van der Waals surface area contributed by atoms with E-state index in [0.717, 1.165) is 0 Å². The van der Waals surface area contributed by atoms with E-state index in [0.29, 0.717) is 55.1 Å². The number of rotatable bonds is 10. The average molecular weight is 357 g/mol. The highest BCUT2D eigenvalue weighted by atomic mass is 16.5. The third kappa shape index (κ3) is 6.08. The average Bonchev–Trinajstić information content (AvgIpc) is 2.64. The van der Waals surface area contributed by atoms with Gasteiger partial charge in [0.1, 0.15) is 18.1 Å². The van der Waals surface area contributed by atoms with Gasteiger partial charge in [0.2, 0.25) is 0 Å². The molecule has 5 nitrogen and oxygen atoms in total. The quantitative estimate of drug-likeness (QED) is 0.641. The third-order valence-electron chi connectivity index (χ3n) is 3.53. The van der Waals surface area contributed by atoms with Gasteiger partial charge in [0.15, 0.2) is 0 Å². The van der Waals surface area contributed by atoms with Crippen LogP contribution >= 0.6 is 0 Å². The van der Waals surface area contributed by atoms with Crippen LogP contribution in [0.3, 0.4) is 0 Å². The second-order valence-corrected chi connectivity index (χ2v) is 6.20. The Labute approximate surface area is 155 Å². The SMILES string of the molecule is CCOCCOc1ccccc1C(=O)Nc1ccccc1OCC(C)C. The van der Waals surface area contributed by atoms with Crippen molar-refractivity contribution >= 4 is 11.6 Å². The first-order valence-corrected chi connectivity index (χ1v) is 8.94. The second kappa shape index (κ2) is 10.5. The van der Waals surface area contributed by atoms with Gasteiger partial charge in [0.05, 0.1) is 24.5 Å². The molecule has 5 heteroatoms. The Morgan fingerprint density at radius 2 is 1.65 bits per heavy atom. The first-order valence-electron chi connectivity index (χ1n) is 8.94. The molecule has 0 aliphatic rings. The van der Waals surface area contributed by atoms with Gasteiger partial charge in [-0.05, 0) is 37.1 Å². The van der Waals surface area contributed by atoms with Crippen LogP contribution in [0.25, 0.3) is 0 Å². The van der Waals surface area contributed by atoms with E-state index >= 15 is 0 Å². The van der Waals surface area contributed by atoms with E-state index in [1.165, 1.54) is 0 Å². The van der Waals surface area contributed by atoms with Gasteiger partial charge in [0.25, 0.3) is 5.91 Å². The fourth-order valence-electron chi connectivity index (χ4n) is 2.28. The van der Waals surface area contributed by atoms with Crippen LogP contribution in [0.4, 0.5) is 5.69 Å². The summed E-state index contributed by atoms with van der Waals surface area (Å²) in [5.74, 6) is 1.35. The Morgan fingerprint density at radius 1 is 0.962 bits per heavy atom. The van der Waals surface area contributed by atoms with Crippen molar-refractivity contribution in [3.05, 3.63) is 54.1 Å². The zero-order chi connectivity index (χ0) is 18.8. The van der Waals surface area contributed by atoms with E-state index in [2.05, 4.69) is 19.2 Å². The van der Waals surface area contributed by atoms with Crippen molar-refractivity contribution in [3.63, 3.8) is 0 Å². The molecule has 0 fully saturated rings. The third-order valence-corrected chi connectivity index (χ3v) is 3.53. The van der Waals surface area contributed by atoms with Crippen molar-refractivity contribution in [2.45, 2.75) is 20.8 Å². The number of hydrogen-bond acceptors (Lipinski definition) is 4. The van der Waals surface area contributed by atoms with Gasteiger partial charge >= 0.3 is 0 Å². The number of hydrogen-bond donors (Lipinski definition) is 1. The van der Waals surface area contributed by atoms with Gasteiger partial charge in [-0.25, -0.2) is 0 Å². The molecule has 0 heterocycles. The summed E-state index contributed by atoms with van der Waals surface area (Å²) in [4.78, 5) is 12.7. The fraction of sp³-hybridized carbons (Fsp3) is 0.381. The highest BCUT2D eigenvalue weighted by Crippen LogP contribution is 2.26. The molecular weight excluding hydrogens is 330 g/mol. The second-order valence-electron chi connectivity index (χ2n) is 6.20. The molecule has 0 aliphatic heterocycles. The predicted octanol–water partition coefficient (Wildman–Crippen LogP) is 4.39. The molecule has 1 N–H and O–H groups in total. The van der Waals surface area contributed by atoms with Crippen LogP contribution in [0.5, 0.6) is 11.5 Å². The monoisotopic (exact) mass is 357 g/mol. The van der Waals surface area contributed by atoms with E-state index < -0.39 is 0 Å². The summed E-state index contributed by atoms with van der Waals surface area (Å²) in [5, 5.41) is 2.92. The lowest BCUT2D eigenvalue weighted by Crippen LogP contribution is -2.16. The summed E-state index contributed by atoms with van der Waals surface area (Å²) in [6, 6.07) is 14.6. The lowest BCUT2D eigenvalue weighted by Gasteiger charge is -2.15. The number of para-hydroxylation sites is 3. The van der Waals surface area contributed by atoms with Crippen molar-refractivity contribution in [1.29, 1.82) is 0 Å². The van der Waals surface area contributed by atoms with Crippen LogP contribution < -0.4 is 14.8 Å².